The maximum Gasteiger partial charge on any atom is 0.254 e. The fourth-order valence-corrected chi connectivity index (χ4v) is 2.46. The molecule has 2 aromatic rings. The topological polar surface area (TPSA) is 90.5 Å². The van der Waals surface area contributed by atoms with Crippen LogP contribution in [0, 0.1) is 0 Å². The molecule has 1 fully saturated rings. The number of amides is 2. The van der Waals surface area contributed by atoms with Gasteiger partial charge in [0.2, 0.25) is 5.91 Å². The average Bonchev–Trinajstić information content (AvgIpc) is 3.09. The van der Waals surface area contributed by atoms with Gasteiger partial charge in [-0.25, -0.2) is 4.98 Å². The van der Waals surface area contributed by atoms with E-state index in [2.05, 4.69) is 4.98 Å². The molecule has 1 aliphatic heterocycles. The van der Waals surface area contributed by atoms with E-state index < -0.39 is 11.9 Å². The minimum absolute atomic E-state index is 0.141. The minimum atomic E-state index is -0.724. The molecule has 2 amide bonds. The van der Waals surface area contributed by atoms with Crippen LogP contribution in [0.3, 0.4) is 0 Å². The van der Waals surface area contributed by atoms with Gasteiger partial charge in [0.25, 0.3) is 5.91 Å². The summed E-state index contributed by atoms with van der Waals surface area (Å²) in [7, 11) is 0. The van der Waals surface area contributed by atoms with Crippen molar-refractivity contribution in [3.8, 4) is 5.69 Å². The monoisotopic (exact) mass is 300 g/mol. The smallest absolute Gasteiger partial charge is 0.254 e. The summed E-state index contributed by atoms with van der Waals surface area (Å²) >= 11 is 0. The van der Waals surface area contributed by atoms with Gasteiger partial charge in [-0.3, -0.25) is 9.59 Å². The van der Waals surface area contributed by atoms with Crippen LogP contribution in [0.4, 0.5) is 0 Å². The molecule has 3 rings (SSSR count). The van der Waals surface area contributed by atoms with Gasteiger partial charge in [0.15, 0.2) is 0 Å². The highest BCUT2D eigenvalue weighted by atomic mass is 16.5. The third-order valence-corrected chi connectivity index (χ3v) is 3.61. The highest BCUT2D eigenvalue weighted by Crippen LogP contribution is 2.16. The van der Waals surface area contributed by atoms with Gasteiger partial charge in [0.05, 0.1) is 19.5 Å². The van der Waals surface area contributed by atoms with Gasteiger partial charge in [-0.2, -0.15) is 0 Å². The lowest BCUT2D eigenvalue weighted by molar-refractivity contribution is -0.127. The van der Waals surface area contributed by atoms with E-state index in [4.69, 9.17) is 10.5 Å². The summed E-state index contributed by atoms with van der Waals surface area (Å²) in [5, 5.41) is 0. The molecule has 0 bridgehead atoms. The summed E-state index contributed by atoms with van der Waals surface area (Å²) < 4.78 is 7.04. The molecule has 1 aliphatic rings. The number of morpholine rings is 1. The van der Waals surface area contributed by atoms with Crippen molar-refractivity contribution in [2.75, 3.05) is 19.8 Å². The fraction of sp³-hybridized carbons (Fsp3) is 0.267. The van der Waals surface area contributed by atoms with Gasteiger partial charge < -0.3 is 19.9 Å². The van der Waals surface area contributed by atoms with E-state index in [9.17, 15) is 9.59 Å². The van der Waals surface area contributed by atoms with Crippen LogP contribution in [0.15, 0.2) is 43.0 Å². The van der Waals surface area contributed by atoms with Crippen LogP contribution in [0.5, 0.6) is 0 Å². The van der Waals surface area contributed by atoms with E-state index in [1.54, 1.807) is 36.9 Å². The molecular formula is C15H16N4O3. The number of carbonyl (C=O) groups is 2. The van der Waals surface area contributed by atoms with E-state index in [0.29, 0.717) is 18.7 Å². The number of hydrogen-bond donors (Lipinski definition) is 1. The first-order valence-electron chi connectivity index (χ1n) is 6.93. The lowest BCUT2D eigenvalue weighted by atomic mass is 10.1. The number of imidazole rings is 1. The molecule has 0 spiro atoms. The van der Waals surface area contributed by atoms with Crippen LogP contribution in [-0.4, -0.2) is 52.1 Å². The predicted molar refractivity (Wildman–Crippen MR) is 78.4 cm³/mol. The number of primary amides is 1. The molecule has 2 N–H and O–H groups in total. The lowest BCUT2D eigenvalue weighted by Gasteiger charge is -2.33. The van der Waals surface area contributed by atoms with Gasteiger partial charge in [0.1, 0.15) is 6.04 Å². The highest BCUT2D eigenvalue weighted by molar-refractivity contribution is 5.97. The second-order valence-electron chi connectivity index (χ2n) is 5.01. The van der Waals surface area contributed by atoms with Gasteiger partial charge in [-0.1, -0.05) is 6.07 Å². The fourth-order valence-electron chi connectivity index (χ4n) is 2.46. The number of nitrogens with zero attached hydrogens (tertiary/aromatic N) is 3. The number of nitrogens with two attached hydrogens (primary N) is 1. The number of hydrogen-bond acceptors (Lipinski definition) is 4. The SMILES string of the molecule is NC(=O)C1COCCN1C(=O)c1cccc(-n2ccnc2)c1. The molecule has 22 heavy (non-hydrogen) atoms. The molecule has 0 aliphatic carbocycles. The van der Waals surface area contributed by atoms with Gasteiger partial charge in [0, 0.05) is 30.2 Å². The van der Waals surface area contributed by atoms with Crippen molar-refractivity contribution in [1.29, 1.82) is 0 Å². The second kappa shape index (κ2) is 5.98. The first-order chi connectivity index (χ1) is 10.7. The third-order valence-electron chi connectivity index (χ3n) is 3.61. The molecule has 0 saturated carbocycles. The standard InChI is InChI=1S/C15H16N4O3/c16-14(20)13-9-22-7-6-19(13)15(21)11-2-1-3-12(8-11)18-5-4-17-10-18/h1-5,8,10,13H,6-7,9H2,(H2,16,20). The Bertz CT molecular complexity index is 684. The molecule has 7 nitrogen and oxygen atoms in total. The summed E-state index contributed by atoms with van der Waals surface area (Å²) in [5.41, 5.74) is 6.68. The zero-order chi connectivity index (χ0) is 15.5. The van der Waals surface area contributed by atoms with Crippen LogP contribution in [0.2, 0.25) is 0 Å². The zero-order valence-electron chi connectivity index (χ0n) is 11.9. The van der Waals surface area contributed by atoms with E-state index in [0.717, 1.165) is 5.69 Å². The summed E-state index contributed by atoms with van der Waals surface area (Å²) in [4.78, 5) is 29.6. The molecule has 1 saturated heterocycles. The van der Waals surface area contributed by atoms with Crippen molar-refractivity contribution in [2.45, 2.75) is 6.04 Å². The van der Waals surface area contributed by atoms with Crippen LogP contribution >= 0.6 is 0 Å². The van der Waals surface area contributed by atoms with Crippen LogP contribution in [0.25, 0.3) is 5.69 Å². The molecule has 1 aromatic carbocycles. The zero-order valence-corrected chi connectivity index (χ0v) is 11.9. The van der Waals surface area contributed by atoms with E-state index >= 15 is 0 Å². The van der Waals surface area contributed by atoms with Gasteiger partial charge in [-0.15, -0.1) is 0 Å². The van der Waals surface area contributed by atoms with E-state index in [1.165, 1.54) is 4.90 Å². The van der Waals surface area contributed by atoms with Crippen LogP contribution in [0.1, 0.15) is 10.4 Å². The summed E-state index contributed by atoms with van der Waals surface area (Å²) in [6.07, 6.45) is 5.12. The second-order valence-corrected chi connectivity index (χ2v) is 5.01. The summed E-state index contributed by atoms with van der Waals surface area (Å²) in [5.74, 6) is -0.784. The molecule has 1 atom stereocenters. The van der Waals surface area contributed by atoms with E-state index in [1.807, 2.05) is 10.6 Å². The predicted octanol–water partition coefficient (Wildman–Crippen LogP) is 0.199. The molecule has 7 heteroatoms. The first kappa shape index (κ1) is 14.3. The Morgan fingerprint density at radius 1 is 1.36 bits per heavy atom. The number of rotatable bonds is 3. The number of aromatic nitrogens is 2. The van der Waals surface area contributed by atoms with Gasteiger partial charge >= 0.3 is 0 Å². The normalized spacial score (nSPS) is 18.2. The summed E-state index contributed by atoms with van der Waals surface area (Å²) in [6.45, 7) is 0.890. The number of benzene rings is 1. The Morgan fingerprint density at radius 2 is 2.23 bits per heavy atom. The van der Waals surface area contributed by atoms with E-state index in [-0.39, 0.29) is 12.5 Å². The van der Waals surface area contributed by atoms with Crippen molar-refractivity contribution < 1.29 is 14.3 Å². The Hall–Kier alpha value is -2.67. The van der Waals surface area contributed by atoms with Gasteiger partial charge in [-0.05, 0) is 18.2 Å². The molecule has 114 valence electrons. The van der Waals surface area contributed by atoms with Crippen molar-refractivity contribution >= 4 is 11.8 Å². The number of ether oxygens (including phenoxy) is 1. The maximum absolute atomic E-state index is 12.7. The highest BCUT2D eigenvalue weighted by Gasteiger charge is 2.31. The van der Waals surface area contributed by atoms with Crippen molar-refractivity contribution in [3.05, 3.63) is 48.5 Å². The number of carbonyl (C=O) groups excluding carboxylic acids is 2. The Kier molecular flexibility index (Phi) is 3.88. The molecule has 1 unspecified atom stereocenters. The minimum Gasteiger partial charge on any atom is -0.377 e. The maximum atomic E-state index is 12.7. The molecular weight excluding hydrogens is 284 g/mol. The molecule has 2 heterocycles. The quantitative estimate of drug-likeness (QED) is 0.876. The average molecular weight is 300 g/mol. The molecule has 1 aromatic heterocycles. The largest absolute Gasteiger partial charge is 0.377 e. The van der Waals surface area contributed by atoms with Crippen molar-refractivity contribution in [3.63, 3.8) is 0 Å². The lowest BCUT2D eigenvalue weighted by Crippen LogP contribution is -2.54. The van der Waals surface area contributed by atoms with Crippen molar-refractivity contribution in [2.24, 2.45) is 5.73 Å². The summed E-state index contributed by atoms with van der Waals surface area (Å²) in [6, 6.07) is 6.43. The van der Waals surface area contributed by atoms with Crippen molar-refractivity contribution in [1.82, 2.24) is 14.5 Å². The molecule has 0 radical (unpaired) electrons. The third kappa shape index (κ3) is 2.71. The van der Waals surface area contributed by atoms with Crippen LogP contribution < -0.4 is 5.73 Å². The Morgan fingerprint density at radius 3 is 2.95 bits per heavy atom. The first-order valence-corrected chi connectivity index (χ1v) is 6.93. The Balaban J connectivity index is 1.88. The Labute approximate surface area is 127 Å². The van der Waals surface area contributed by atoms with Crippen LogP contribution in [-0.2, 0) is 9.53 Å².